The second-order valence-corrected chi connectivity index (χ2v) is 10.5. The molecule has 4 nitrogen and oxygen atoms in total. The van der Waals surface area contributed by atoms with Crippen molar-refractivity contribution in [3.05, 3.63) is 106 Å². The van der Waals surface area contributed by atoms with E-state index < -0.39 is 11.6 Å². The van der Waals surface area contributed by atoms with Gasteiger partial charge < -0.3 is 10.2 Å². The van der Waals surface area contributed by atoms with Crippen LogP contribution in [0.1, 0.15) is 54.2 Å². The van der Waals surface area contributed by atoms with Crippen molar-refractivity contribution in [3.8, 4) is 0 Å². The van der Waals surface area contributed by atoms with Crippen molar-refractivity contribution in [2.75, 3.05) is 0 Å². The molecule has 0 bridgehead atoms. The summed E-state index contributed by atoms with van der Waals surface area (Å²) in [6.07, 6.45) is 0.703. The Bertz CT molecular complexity index is 1140. The van der Waals surface area contributed by atoms with Crippen molar-refractivity contribution < 1.29 is 9.59 Å². The number of benzene rings is 3. The molecule has 0 heterocycles. The summed E-state index contributed by atoms with van der Waals surface area (Å²) in [5, 5.41) is 3.12. The first-order valence-corrected chi connectivity index (χ1v) is 12.3. The van der Waals surface area contributed by atoms with E-state index in [1.807, 2.05) is 88.4 Å². The first kappa shape index (κ1) is 26.2. The Morgan fingerprint density at radius 2 is 1.43 bits per heavy atom. The van der Waals surface area contributed by atoms with Gasteiger partial charge in [0.15, 0.2) is 0 Å². The van der Waals surface area contributed by atoms with Gasteiger partial charge in [0.2, 0.25) is 11.8 Å². The normalized spacial score (nSPS) is 12.2. The lowest BCUT2D eigenvalue weighted by Crippen LogP contribution is -2.54. The minimum atomic E-state index is -0.628. The maximum absolute atomic E-state index is 13.8. The molecular formula is C31H38N2O2. The standard InChI is InChI=1S/C31H38N2O2/c1-22-12-15-26(16-13-22)21-33(29(34)20-27-17-14-23(2)24(3)18-27)28(30(35)32-31(4,5)6)19-25-10-8-7-9-11-25/h7-18,28H,19-21H2,1-6H3,(H,32,35)/t28-/m1/s1. The molecule has 0 unspecified atom stereocenters. The van der Waals surface area contributed by atoms with Crippen LogP contribution in [0.15, 0.2) is 72.8 Å². The molecule has 0 saturated carbocycles. The van der Waals surface area contributed by atoms with E-state index in [-0.39, 0.29) is 18.2 Å². The van der Waals surface area contributed by atoms with E-state index in [1.54, 1.807) is 4.90 Å². The predicted octanol–water partition coefficient (Wildman–Crippen LogP) is 5.71. The van der Waals surface area contributed by atoms with Gasteiger partial charge in [0.05, 0.1) is 6.42 Å². The number of hydrogen-bond donors (Lipinski definition) is 1. The fourth-order valence-electron chi connectivity index (χ4n) is 4.09. The van der Waals surface area contributed by atoms with Crippen LogP contribution in [0.3, 0.4) is 0 Å². The van der Waals surface area contributed by atoms with E-state index in [0.717, 1.165) is 27.8 Å². The summed E-state index contributed by atoms with van der Waals surface area (Å²) < 4.78 is 0. The Morgan fingerprint density at radius 1 is 0.800 bits per heavy atom. The fourth-order valence-corrected chi connectivity index (χ4v) is 4.09. The predicted molar refractivity (Wildman–Crippen MR) is 143 cm³/mol. The van der Waals surface area contributed by atoms with Crippen molar-refractivity contribution in [1.29, 1.82) is 0 Å². The molecule has 0 aliphatic rings. The van der Waals surface area contributed by atoms with Crippen LogP contribution in [0.4, 0.5) is 0 Å². The van der Waals surface area contributed by atoms with Crippen molar-refractivity contribution in [2.24, 2.45) is 0 Å². The Labute approximate surface area is 210 Å². The molecule has 0 aliphatic heterocycles. The van der Waals surface area contributed by atoms with Crippen molar-refractivity contribution >= 4 is 11.8 Å². The number of aryl methyl sites for hydroxylation is 3. The Kier molecular flexibility index (Phi) is 8.50. The topological polar surface area (TPSA) is 49.4 Å². The van der Waals surface area contributed by atoms with Gasteiger partial charge in [-0.05, 0) is 69.4 Å². The number of nitrogens with zero attached hydrogens (tertiary/aromatic N) is 1. The van der Waals surface area contributed by atoms with Gasteiger partial charge in [-0.2, -0.15) is 0 Å². The Hall–Kier alpha value is -3.40. The number of rotatable bonds is 8. The summed E-state index contributed by atoms with van der Waals surface area (Å²) in [5.74, 6) is -0.194. The van der Waals surface area contributed by atoms with Gasteiger partial charge in [0, 0.05) is 18.5 Å². The molecule has 0 fully saturated rings. The highest BCUT2D eigenvalue weighted by Gasteiger charge is 2.32. The zero-order chi connectivity index (χ0) is 25.6. The summed E-state index contributed by atoms with van der Waals surface area (Å²) in [6.45, 7) is 12.4. The Balaban J connectivity index is 1.99. The molecule has 0 aromatic heterocycles. The van der Waals surface area contributed by atoms with E-state index in [1.165, 1.54) is 5.56 Å². The molecule has 4 heteroatoms. The lowest BCUT2D eigenvalue weighted by Gasteiger charge is -2.34. The van der Waals surface area contributed by atoms with Gasteiger partial charge in [0.25, 0.3) is 0 Å². The molecular weight excluding hydrogens is 432 g/mol. The highest BCUT2D eigenvalue weighted by molar-refractivity contribution is 5.89. The lowest BCUT2D eigenvalue weighted by molar-refractivity contribution is -0.141. The first-order chi connectivity index (χ1) is 16.5. The van der Waals surface area contributed by atoms with Crippen LogP contribution in [0.2, 0.25) is 0 Å². The third-order valence-corrected chi connectivity index (χ3v) is 6.17. The van der Waals surface area contributed by atoms with Gasteiger partial charge in [-0.3, -0.25) is 9.59 Å². The Morgan fingerprint density at radius 3 is 2.03 bits per heavy atom. The molecule has 1 N–H and O–H groups in total. The van der Waals surface area contributed by atoms with Crippen molar-refractivity contribution in [1.82, 2.24) is 10.2 Å². The SMILES string of the molecule is Cc1ccc(CN(C(=O)Cc2ccc(C)c(C)c2)[C@H](Cc2ccccc2)C(=O)NC(C)(C)C)cc1. The van der Waals surface area contributed by atoms with E-state index in [4.69, 9.17) is 0 Å². The summed E-state index contributed by atoms with van der Waals surface area (Å²) in [4.78, 5) is 29.2. The molecule has 35 heavy (non-hydrogen) atoms. The van der Waals surface area contributed by atoms with Gasteiger partial charge in [-0.25, -0.2) is 0 Å². The molecule has 1 atom stereocenters. The van der Waals surface area contributed by atoms with Crippen LogP contribution in [0.5, 0.6) is 0 Å². The minimum absolute atomic E-state index is 0.0566. The number of carbonyl (C=O) groups excluding carboxylic acids is 2. The number of nitrogens with one attached hydrogen (secondary N) is 1. The minimum Gasteiger partial charge on any atom is -0.350 e. The van der Waals surface area contributed by atoms with Gasteiger partial charge >= 0.3 is 0 Å². The highest BCUT2D eigenvalue weighted by Crippen LogP contribution is 2.19. The monoisotopic (exact) mass is 470 g/mol. The maximum atomic E-state index is 13.8. The molecule has 0 aliphatic carbocycles. The third-order valence-electron chi connectivity index (χ3n) is 6.17. The van der Waals surface area contributed by atoms with Crippen molar-refractivity contribution in [3.63, 3.8) is 0 Å². The zero-order valence-electron chi connectivity index (χ0n) is 21.9. The van der Waals surface area contributed by atoms with E-state index in [0.29, 0.717) is 13.0 Å². The summed E-state index contributed by atoms with van der Waals surface area (Å²) in [6, 6.07) is 23.6. The third kappa shape index (κ3) is 7.81. The average molecular weight is 471 g/mol. The second-order valence-electron chi connectivity index (χ2n) is 10.5. The number of carbonyl (C=O) groups is 2. The van der Waals surface area contributed by atoms with Crippen LogP contribution in [-0.4, -0.2) is 28.3 Å². The molecule has 184 valence electrons. The van der Waals surface area contributed by atoms with Gasteiger partial charge in [-0.15, -0.1) is 0 Å². The van der Waals surface area contributed by atoms with Crippen LogP contribution in [0.25, 0.3) is 0 Å². The van der Waals surface area contributed by atoms with E-state index >= 15 is 0 Å². The largest absolute Gasteiger partial charge is 0.350 e. The average Bonchev–Trinajstić information content (AvgIpc) is 2.79. The van der Waals surface area contributed by atoms with Gasteiger partial charge in [0.1, 0.15) is 6.04 Å². The second kappa shape index (κ2) is 11.4. The van der Waals surface area contributed by atoms with Crippen molar-refractivity contribution in [2.45, 2.75) is 72.5 Å². The smallest absolute Gasteiger partial charge is 0.243 e. The first-order valence-electron chi connectivity index (χ1n) is 12.3. The maximum Gasteiger partial charge on any atom is 0.243 e. The molecule has 2 amide bonds. The summed E-state index contributed by atoms with van der Waals surface area (Å²) in [5.41, 5.74) is 6.10. The zero-order valence-corrected chi connectivity index (χ0v) is 21.9. The summed E-state index contributed by atoms with van der Waals surface area (Å²) >= 11 is 0. The van der Waals surface area contributed by atoms with Gasteiger partial charge in [-0.1, -0.05) is 78.4 Å². The van der Waals surface area contributed by atoms with Crippen LogP contribution >= 0.6 is 0 Å². The molecule has 0 spiro atoms. The number of hydrogen-bond acceptors (Lipinski definition) is 2. The number of amides is 2. The van der Waals surface area contributed by atoms with E-state index in [2.05, 4.69) is 31.3 Å². The molecule has 3 aromatic carbocycles. The quantitative estimate of drug-likeness (QED) is 0.458. The lowest BCUT2D eigenvalue weighted by atomic mass is 9.99. The fraction of sp³-hybridized carbons (Fsp3) is 0.355. The highest BCUT2D eigenvalue weighted by atomic mass is 16.2. The molecule has 0 saturated heterocycles. The van der Waals surface area contributed by atoms with Crippen LogP contribution < -0.4 is 5.32 Å². The summed E-state index contributed by atoms with van der Waals surface area (Å²) in [7, 11) is 0. The molecule has 0 radical (unpaired) electrons. The molecule has 3 rings (SSSR count). The van der Waals surface area contributed by atoms with E-state index in [9.17, 15) is 9.59 Å². The van der Waals surface area contributed by atoms with Crippen LogP contribution in [-0.2, 0) is 29.0 Å². The molecule has 3 aromatic rings. The van der Waals surface area contributed by atoms with Crippen LogP contribution in [0, 0.1) is 20.8 Å².